The summed E-state index contributed by atoms with van der Waals surface area (Å²) in [5, 5.41) is 6.34. The fourth-order valence-corrected chi connectivity index (χ4v) is 2.07. The van der Waals surface area contributed by atoms with Gasteiger partial charge >= 0.3 is 0 Å². The molecule has 1 saturated heterocycles. The van der Waals surface area contributed by atoms with Crippen LogP contribution >= 0.6 is 0 Å². The fourth-order valence-electron chi connectivity index (χ4n) is 2.07. The number of carbonyl (C=O) groups excluding carboxylic acids is 1. The second-order valence-corrected chi connectivity index (χ2v) is 6.15. The molecule has 3 nitrogen and oxygen atoms in total. The quantitative estimate of drug-likeness (QED) is 0.772. The molecule has 2 N–H and O–H groups in total. The van der Waals surface area contributed by atoms with Crippen LogP contribution in [0, 0.1) is 11.3 Å². The Morgan fingerprint density at radius 1 is 1.44 bits per heavy atom. The fraction of sp³-hybridized carbons (Fsp3) is 0.923. The third-order valence-electron chi connectivity index (χ3n) is 3.23. The summed E-state index contributed by atoms with van der Waals surface area (Å²) in [4.78, 5) is 11.9. The molecule has 1 fully saturated rings. The summed E-state index contributed by atoms with van der Waals surface area (Å²) in [5.41, 5.74) is 0.291. The molecule has 0 aromatic carbocycles. The second-order valence-electron chi connectivity index (χ2n) is 6.15. The van der Waals surface area contributed by atoms with Crippen molar-refractivity contribution in [3.05, 3.63) is 0 Å². The molecule has 0 spiro atoms. The number of carbonyl (C=O) groups is 1. The van der Waals surface area contributed by atoms with Crippen LogP contribution in [-0.2, 0) is 4.79 Å². The Labute approximate surface area is 99.4 Å². The minimum absolute atomic E-state index is 0.0220. The molecule has 1 rings (SSSR count). The Bertz CT molecular complexity index is 233. The lowest BCUT2D eigenvalue weighted by atomic mass is 9.91. The van der Waals surface area contributed by atoms with Crippen molar-refractivity contribution in [3.8, 4) is 0 Å². The lowest BCUT2D eigenvalue weighted by Crippen LogP contribution is -2.51. The summed E-state index contributed by atoms with van der Waals surface area (Å²) < 4.78 is 0. The first-order valence-corrected chi connectivity index (χ1v) is 6.41. The van der Waals surface area contributed by atoms with Crippen LogP contribution in [0.1, 0.15) is 47.0 Å². The van der Waals surface area contributed by atoms with Gasteiger partial charge in [0.05, 0.1) is 6.04 Å². The average molecular weight is 226 g/mol. The zero-order valence-electron chi connectivity index (χ0n) is 11.1. The van der Waals surface area contributed by atoms with Crippen LogP contribution in [0.5, 0.6) is 0 Å². The van der Waals surface area contributed by atoms with E-state index in [-0.39, 0.29) is 11.9 Å². The molecule has 3 heteroatoms. The van der Waals surface area contributed by atoms with Crippen LogP contribution in [-0.4, -0.2) is 25.0 Å². The summed E-state index contributed by atoms with van der Waals surface area (Å²) in [6, 6.07) is 0.0220. The van der Waals surface area contributed by atoms with Gasteiger partial charge in [0.25, 0.3) is 0 Å². The third kappa shape index (κ3) is 4.52. The van der Waals surface area contributed by atoms with Crippen molar-refractivity contribution in [2.24, 2.45) is 11.3 Å². The Morgan fingerprint density at radius 2 is 2.12 bits per heavy atom. The SMILES string of the molecule is CC1CCCNC1C(=O)NCCC(C)(C)C. The van der Waals surface area contributed by atoms with Crippen LogP contribution in [0.3, 0.4) is 0 Å². The van der Waals surface area contributed by atoms with Gasteiger partial charge in [-0.3, -0.25) is 4.79 Å². The number of nitrogens with one attached hydrogen (secondary N) is 2. The Morgan fingerprint density at radius 3 is 2.69 bits per heavy atom. The third-order valence-corrected chi connectivity index (χ3v) is 3.23. The average Bonchev–Trinajstić information content (AvgIpc) is 2.16. The van der Waals surface area contributed by atoms with E-state index in [1.807, 2.05) is 0 Å². The van der Waals surface area contributed by atoms with Crippen molar-refractivity contribution in [1.29, 1.82) is 0 Å². The number of amides is 1. The predicted molar refractivity (Wildman–Crippen MR) is 67.3 cm³/mol. The number of rotatable bonds is 3. The van der Waals surface area contributed by atoms with E-state index in [2.05, 4.69) is 38.3 Å². The molecular weight excluding hydrogens is 200 g/mol. The van der Waals surface area contributed by atoms with Gasteiger partial charge in [-0.15, -0.1) is 0 Å². The monoisotopic (exact) mass is 226 g/mol. The van der Waals surface area contributed by atoms with Crippen molar-refractivity contribution >= 4 is 5.91 Å². The molecule has 0 aromatic rings. The second kappa shape index (κ2) is 5.67. The Kier molecular flexibility index (Phi) is 4.78. The molecule has 2 atom stereocenters. The molecule has 2 unspecified atom stereocenters. The molecule has 0 aliphatic carbocycles. The van der Waals surface area contributed by atoms with Crippen LogP contribution < -0.4 is 10.6 Å². The smallest absolute Gasteiger partial charge is 0.237 e. The lowest BCUT2D eigenvalue weighted by Gasteiger charge is -2.29. The molecule has 1 heterocycles. The van der Waals surface area contributed by atoms with Crippen molar-refractivity contribution < 1.29 is 4.79 Å². The first-order valence-electron chi connectivity index (χ1n) is 6.41. The summed E-state index contributed by atoms with van der Waals surface area (Å²) in [6.07, 6.45) is 3.37. The summed E-state index contributed by atoms with van der Waals surface area (Å²) in [7, 11) is 0. The lowest BCUT2D eigenvalue weighted by molar-refractivity contribution is -0.124. The molecule has 16 heavy (non-hydrogen) atoms. The highest BCUT2D eigenvalue weighted by Gasteiger charge is 2.27. The Balaban J connectivity index is 2.29. The summed E-state index contributed by atoms with van der Waals surface area (Å²) in [6.45, 7) is 10.5. The molecule has 1 aliphatic rings. The molecule has 0 aromatic heterocycles. The molecule has 0 saturated carbocycles. The first kappa shape index (κ1) is 13.5. The first-order chi connectivity index (χ1) is 7.40. The maximum Gasteiger partial charge on any atom is 0.237 e. The van der Waals surface area contributed by atoms with Gasteiger partial charge in [0.15, 0.2) is 0 Å². The van der Waals surface area contributed by atoms with E-state index in [0.717, 1.165) is 25.9 Å². The van der Waals surface area contributed by atoms with Crippen LogP contribution in [0.15, 0.2) is 0 Å². The van der Waals surface area contributed by atoms with Gasteiger partial charge in [0.2, 0.25) is 5.91 Å². The maximum atomic E-state index is 11.9. The van der Waals surface area contributed by atoms with Gasteiger partial charge in [0, 0.05) is 6.54 Å². The van der Waals surface area contributed by atoms with Crippen molar-refractivity contribution in [2.45, 2.75) is 53.0 Å². The van der Waals surface area contributed by atoms with E-state index in [9.17, 15) is 4.79 Å². The standard InChI is InChI=1S/C13H26N2O/c1-10-6-5-8-14-11(10)12(16)15-9-7-13(2,3)4/h10-11,14H,5-9H2,1-4H3,(H,15,16). The zero-order chi connectivity index (χ0) is 12.2. The Hall–Kier alpha value is -0.570. The highest BCUT2D eigenvalue weighted by Crippen LogP contribution is 2.18. The van der Waals surface area contributed by atoms with E-state index in [0.29, 0.717) is 11.3 Å². The van der Waals surface area contributed by atoms with Gasteiger partial charge < -0.3 is 10.6 Å². The van der Waals surface area contributed by atoms with Crippen LogP contribution in [0.4, 0.5) is 0 Å². The maximum absolute atomic E-state index is 11.9. The van der Waals surface area contributed by atoms with Crippen molar-refractivity contribution in [1.82, 2.24) is 10.6 Å². The van der Waals surface area contributed by atoms with E-state index < -0.39 is 0 Å². The normalized spacial score (nSPS) is 26.5. The topological polar surface area (TPSA) is 41.1 Å². The molecule has 1 aliphatic heterocycles. The minimum Gasteiger partial charge on any atom is -0.355 e. The molecule has 1 amide bonds. The van der Waals surface area contributed by atoms with Gasteiger partial charge in [-0.2, -0.15) is 0 Å². The van der Waals surface area contributed by atoms with Crippen molar-refractivity contribution in [3.63, 3.8) is 0 Å². The highest BCUT2D eigenvalue weighted by molar-refractivity contribution is 5.82. The van der Waals surface area contributed by atoms with Gasteiger partial charge in [-0.25, -0.2) is 0 Å². The highest BCUT2D eigenvalue weighted by atomic mass is 16.2. The predicted octanol–water partition coefficient (Wildman–Crippen LogP) is 1.93. The number of hydrogen-bond acceptors (Lipinski definition) is 2. The van der Waals surface area contributed by atoms with Crippen molar-refractivity contribution in [2.75, 3.05) is 13.1 Å². The minimum atomic E-state index is 0.0220. The van der Waals surface area contributed by atoms with Gasteiger partial charge in [-0.1, -0.05) is 27.7 Å². The largest absolute Gasteiger partial charge is 0.355 e. The molecule has 0 radical (unpaired) electrons. The van der Waals surface area contributed by atoms with E-state index in [1.165, 1.54) is 6.42 Å². The molecule has 94 valence electrons. The zero-order valence-corrected chi connectivity index (χ0v) is 11.1. The van der Waals surface area contributed by atoms with Gasteiger partial charge in [0.1, 0.15) is 0 Å². The van der Waals surface area contributed by atoms with E-state index in [4.69, 9.17) is 0 Å². The van der Waals surface area contributed by atoms with Crippen LogP contribution in [0.2, 0.25) is 0 Å². The number of hydrogen-bond donors (Lipinski definition) is 2. The summed E-state index contributed by atoms with van der Waals surface area (Å²) >= 11 is 0. The van der Waals surface area contributed by atoms with Gasteiger partial charge in [-0.05, 0) is 37.1 Å². The number of piperidine rings is 1. The molecule has 0 bridgehead atoms. The molecular formula is C13H26N2O. The van der Waals surface area contributed by atoms with Crippen LogP contribution in [0.25, 0.3) is 0 Å². The van der Waals surface area contributed by atoms with E-state index >= 15 is 0 Å². The summed E-state index contributed by atoms with van der Waals surface area (Å²) in [5.74, 6) is 0.639. The van der Waals surface area contributed by atoms with E-state index in [1.54, 1.807) is 0 Å².